The minimum atomic E-state index is -0.795. The van der Waals surface area contributed by atoms with Crippen LogP contribution in [0.4, 0.5) is 0 Å². The van der Waals surface area contributed by atoms with Gasteiger partial charge in [0.2, 0.25) is 0 Å². The summed E-state index contributed by atoms with van der Waals surface area (Å²) >= 11 is 5.83. The van der Waals surface area contributed by atoms with Crippen molar-refractivity contribution in [3.05, 3.63) is 34.9 Å². The Bertz CT molecular complexity index is 649. The number of hydrogen-bond acceptors (Lipinski definition) is 3. The largest absolute Gasteiger partial charge is 0.449 e. The molecule has 4 nitrogen and oxygen atoms in total. The van der Waals surface area contributed by atoms with Crippen molar-refractivity contribution in [1.82, 2.24) is 5.32 Å². The highest BCUT2D eigenvalue weighted by molar-refractivity contribution is 6.30. The van der Waals surface area contributed by atoms with Crippen LogP contribution in [0.25, 0.3) is 0 Å². The van der Waals surface area contributed by atoms with Gasteiger partial charge in [-0.3, -0.25) is 4.79 Å². The van der Waals surface area contributed by atoms with Gasteiger partial charge in [-0.25, -0.2) is 4.79 Å². The molecule has 4 fully saturated rings. The number of rotatable bonds is 4. The smallest absolute Gasteiger partial charge is 0.338 e. The fourth-order valence-corrected chi connectivity index (χ4v) is 5.62. The normalized spacial score (nSPS) is 33.8. The number of nitrogens with one attached hydrogen (secondary N) is 1. The first-order chi connectivity index (χ1) is 11.9. The van der Waals surface area contributed by atoms with Crippen molar-refractivity contribution in [2.24, 2.45) is 17.8 Å². The van der Waals surface area contributed by atoms with E-state index in [0.717, 1.165) is 37.0 Å². The van der Waals surface area contributed by atoms with Crippen LogP contribution in [0.1, 0.15) is 55.8 Å². The molecule has 25 heavy (non-hydrogen) atoms. The lowest BCUT2D eigenvalue weighted by Crippen LogP contribution is -2.61. The maximum Gasteiger partial charge on any atom is 0.338 e. The molecular weight excluding hydrogens is 338 g/mol. The average molecular weight is 362 g/mol. The van der Waals surface area contributed by atoms with Crippen LogP contribution in [0.2, 0.25) is 5.02 Å². The number of halogens is 1. The quantitative estimate of drug-likeness (QED) is 0.825. The molecule has 134 valence electrons. The van der Waals surface area contributed by atoms with E-state index in [4.69, 9.17) is 16.3 Å². The third kappa shape index (κ3) is 3.41. The van der Waals surface area contributed by atoms with Crippen LogP contribution in [0.3, 0.4) is 0 Å². The lowest BCUT2D eigenvalue weighted by Gasteiger charge is -2.57. The van der Waals surface area contributed by atoms with Crippen molar-refractivity contribution in [2.75, 3.05) is 0 Å². The standard InChI is InChI=1S/C20H24ClNO3/c1-12(25-19(24)16-2-4-17(21)5-3-16)18(23)22-20-9-13-6-14(10-20)8-15(7-13)11-20/h2-5,12-15H,6-11H2,1H3,(H,22,23)/t12-,13?,14?,15?,20?/m0/s1. The number of amides is 1. The van der Waals surface area contributed by atoms with Gasteiger partial charge in [-0.2, -0.15) is 0 Å². The first kappa shape index (κ1) is 16.9. The Morgan fingerprint density at radius 2 is 1.60 bits per heavy atom. The Labute approximate surface area is 153 Å². The SMILES string of the molecule is C[C@H](OC(=O)c1ccc(Cl)cc1)C(=O)NC12CC3CC(CC(C3)C1)C2. The van der Waals surface area contributed by atoms with E-state index in [1.54, 1.807) is 31.2 Å². The van der Waals surface area contributed by atoms with E-state index >= 15 is 0 Å². The monoisotopic (exact) mass is 361 g/mol. The molecule has 1 amide bonds. The Kier molecular flexibility index (Phi) is 4.27. The molecule has 4 bridgehead atoms. The minimum Gasteiger partial charge on any atom is -0.449 e. The van der Waals surface area contributed by atoms with Crippen molar-refractivity contribution >= 4 is 23.5 Å². The van der Waals surface area contributed by atoms with Crippen molar-refractivity contribution in [3.8, 4) is 0 Å². The molecule has 1 aromatic carbocycles. The number of carbonyl (C=O) groups is 2. The third-order valence-electron chi connectivity index (χ3n) is 6.16. The van der Waals surface area contributed by atoms with Gasteiger partial charge in [0.1, 0.15) is 0 Å². The summed E-state index contributed by atoms with van der Waals surface area (Å²) in [5, 5.41) is 3.81. The van der Waals surface area contributed by atoms with Gasteiger partial charge < -0.3 is 10.1 Å². The van der Waals surface area contributed by atoms with Crippen molar-refractivity contribution < 1.29 is 14.3 Å². The van der Waals surface area contributed by atoms with E-state index in [2.05, 4.69) is 5.32 Å². The Balaban J connectivity index is 1.38. The molecule has 1 N–H and O–H groups in total. The van der Waals surface area contributed by atoms with E-state index in [1.807, 2.05) is 0 Å². The molecule has 0 aromatic heterocycles. The molecule has 5 heteroatoms. The van der Waals surface area contributed by atoms with E-state index < -0.39 is 12.1 Å². The molecule has 5 rings (SSSR count). The molecule has 4 aliphatic carbocycles. The molecule has 0 unspecified atom stereocenters. The first-order valence-corrected chi connectivity index (χ1v) is 9.59. The van der Waals surface area contributed by atoms with Crippen molar-refractivity contribution in [3.63, 3.8) is 0 Å². The summed E-state index contributed by atoms with van der Waals surface area (Å²) in [4.78, 5) is 24.8. The summed E-state index contributed by atoms with van der Waals surface area (Å²) in [7, 11) is 0. The van der Waals surface area contributed by atoms with Gasteiger partial charge in [-0.15, -0.1) is 0 Å². The fourth-order valence-electron chi connectivity index (χ4n) is 5.49. The molecule has 4 saturated carbocycles. The second kappa shape index (κ2) is 6.31. The Hall–Kier alpha value is -1.55. The van der Waals surface area contributed by atoms with Gasteiger partial charge in [-0.05, 0) is 87.5 Å². The van der Waals surface area contributed by atoms with E-state index in [0.29, 0.717) is 10.6 Å². The molecule has 1 atom stereocenters. The Morgan fingerprint density at radius 3 is 2.12 bits per heavy atom. The number of esters is 1. The summed E-state index contributed by atoms with van der Waals surface area (Å²) in [5.41, 5.74) is 0.339. The summed E-state index contributed by atoms with van der Waals surface area (Å²) < 4.78 is 5.36. The molecule has 4 aliphatic rings. The van der Waals surface area contributed by atoms with Crippen molar-refractivity contribution in [2.45, 2.75) is 57.1 Å². The molecule has 0 aliphatic heterocycles. The number of ether oxygens (including phenoxy) is 1. The van der Waals surface area contributed by atoms with Crippen LogP contribution < -0.4 is 5.32 Å². The molecular formula is C20H24ClNO3. The lowest BCUT2D eigenvalue weighted by atomic mass is 9.53. The molecule has 0 spiro atoms. The number of benzene rings is 1. The average Bonchev–Trinajstić information content (AvgIpc) is 2.53. The van der Waals surface area contributed by atoms with Gasteiger partial charge in [0.25, 0.3) is 5.91 Å². The number of carbonyl (C=O) groups excluding carboxylic acids is 2. The van der Waals surface area contributed by atoms with Crippen LogP contribution >= 0.6 is 11.6 Å². The van der Waals surface area contributed by atoms with E-state index in [-0.39, 0.29) is 11.4 Å². The number of hydrogen-bond donors (Lipinski definition) is 1. The zero-order valence-electron chi connectivity index (χ0n) is 14.5. The predicted molar refractivity (Wildman–Crippen MR) is 95.4 cm³/mol. The van der Waals surface area contributed by atoms with Crippen molar-refractivity contribution in [1.29, 1.82) is 0 Å². The third-order valence-corrected chi connectivity index (χ3v) is 6.41. The van der Waals surface area contributed by atoms with Crippen LogP contribution in [0, 0.1) is 17.8 Å². The molecule has 1 aromatic rings. The van der Waals surface area contributed by atoms with Gasteiger partial charge in [0, 0.05) is 10.6 Å². The molecule has 0 saturated heterocycles. The predicted octanol–water partition coefficient (Wildman–Crippen LogP) is 3.97. The van der Waals surface area contributed by atoms with Crippen LogP contribution in [0.15, 0.2) is 24.3 Å². The van der Waals surface area contributed by atoms with Gasteiger partial charge >= 0.3 is 5.97 Å². The lowest BCUT2D eigenvalue weighted by molar-refractivity contribution is -0.134. The minimum absolute atomic E-state index is 0.0627. The summed E-state index contributed by atoms with van der Waals surface area (Å²) in [5.74, 6) is 1.62. The Morgan fingerprint density at radius 1 is 1.08 bits per heavy atom. The maximum absolute atomic E-state index is 12.6. The van der Waals surface area contributed by atoms with Gasteiger partial charge in [0.15, 0.2) is 6.10 Å². The molecule has 0 heterocycles. The fraction of sp³-hybridized carbons (Fsp3) is 0.600. The second-order valence-electron chi connectivity index (χ2n) is 8.24. The first-order valence-electron chi connectivity index (χ1n) is 9.21. The highest BCUT2D eigenvalue weighted by Gasteiger charge is 2.51. The summed E-state index contributed by atoms with van der Waals surface area (Å²) in [6.07, 6.45) is 6.45. The molecule has 0 radical (unpaired) electrons. The zero-order valence-corrected chi connectivity index (χ0v) is 15.2. The topological polar surface area (TPSA) is 55.4 Å². The van der Waals surface area contributed by atoms with E-state index in [1.165, 1.54) is 19.3 Å². The summed E-state index contributed by atoms with van der Waals surface area (Å²) in [6.45, 7) is 1.64. The van der Waals surface area contributed by atoms with Crippen LogP contribution in [-0.2, 0) is 9.53 Å². The van der Waals surface area contributed by atoms with Crippen LogP contribution in [-0.4, -0.2) is 23.5 Å². The summed E-state index contributed by atoms with van der Waals surface area (Å²) in [6, 6.07) is 6.49. The maximum atomic E-state index is 12.6. The van der Waals surface area contributed by atoms with Gasteiger partial charge in [-0.1, -0.05) is 11.6 Å². The highest BCUT2D eigenvalue weighted by Crippen LogP contribution is 2.55. The van der Waals surface area contributed by atoms with Gasteiger partial charge in [0.05, 0.1) is 5.56 Å². The van der Waals surface area contributed by atoms with E-state index in [9.17, 15) is 9.59 Å². The van der Waals surface area contributed by atoms with Crippen LogP contribution in [0.5, 0.6) is 0 Å². The zero-order chi connectivity index (χ0) is 17.6. The second-order valence-corrected chi connectivity index (χ2v) is 8.68. The highest BCUT2D eigenvalue weighted by atomic mass is 35.5.